The van der Waals surface area contributed by atoms with Gasteiger partial charge in [-0.2, -0.15) is 0 Å². The van der Waals surface area contributed by atoms with E-state index in [-0.39, 0.29) is 5.69 Å². The fraction of sp³-hybridized carbons (Fsp3) is 0.154. The molecule has 0 aliphatic rings. The SMILES string of the molecule is Cc1cnccc1CNc1cccc(S(N)(=O)=O)c1[N+](=O)[O-]. The first-order chi connectivity index (χ1) is 10.3. The highest BCUT2D eigenvalue weighted by Gasteiger charge is 2.26. The number of sulfonamides is 1. The van der Waals surface area contributed by atoms with E-state index in [0.29, 0.717) is 6.54 Å². The van der Waals surface area contributed by atoms with Crippen molar-refractivity contribution in [1.29, 1.82) is 0 Å². The van der Waals surface area contributed by atoms with Crippen molar-refractivity contribution in [2.45, 2.75) is 18.4 Å². The molecule has 0 aliphatic carbocycles. The Morgan fingerprint density at radius 3 is 2.68 bits per heavy atom. The van der Waals surface area contributed by atoms with Crippen LogP contribution in [0, 0.1) is 17.0 Å². The number of hydrogen-bond acceptors (Lipinski definition) is 6. The van der Waals surface area contributed by atoms with Gasteiger partial charge in [0.15, 0.2) is 4.90 Å². The lowest BCUT2D eigenvalue weighted by Crippen LogP contribution is -2.15. The van der Waals surface area contributed by atoms with Crippen molar-refractivity contribution in [3.8, 4) is 0 Å². The Kier molecular flexibility index (Phi) is 4.38. The second-order valence-electron chi connectivity index (χ2n) is 4.61. The lowest BCUT2D eigenvalue weighted by Gasteiger charge is -2.10. The molecule has 22 heavy (non-hydrogen) atoms. The van der Waals surface area contributed by atoms with Gasteiger partial charge in [0.2, 0.25) is 10.0 Å². The number of primary sulfonamides is 1. The number of aryl methyl sites for hydroxylation is 1. The lowest BCUT2D eigenvalue weighted by molar-refractivity contribution is -0.386. The largest absolute Gasteiger partial charge is 0.375 e. The van der Waals surface area contributed by atoms with Crippen LogP contribution < -0.4 is 10.5 Å². The lowest BCUT2D eigenvalue weighted by atomic mass is 10.1. The van der Waals surface area contributed by atoms with Crippen molar-refractivity contribution in [2.24, 2.45) is 5.14 Å². The van der Waals surface area contributed by atoms with Crippen LogP contribution in [0.4, 0.5) is 11.4 Å². The molecule has 0 saturated carbocycles. The maximum Gasteiger partial charge on any atom is 0.312 e. The highest BCUT2D eigenvalue weighted by atomic mass is 32.2. The number of para-hydroxylation sites is 1. The summed E-state index contributed by atoms with van der Waals surface area (Å²) < 4.78 is 23.0. The van der Waals surface area contributed by atoms with Gasteiger partial charge in [0.1, 0.15) is 5.69 Å². The minimum Gasteiger partial charge on any atom is -0.375 e. The number of pyridine rings is 1. The third-order valence-corrected chi connectivity index (χ3v) is 4.04. The number of nitrogens with zero attached hydrogens (tertiary/aromatic N) is 2. The average Bonchev–Trinajstić information content (AvgIpc) is 2.45. The van der Waals surface area contributed by atoms with Crippen LogP contribution in [-0.4, -0.2) is 18.3 Å². The third kappa shape index (κ3) is 3.38. The molecule has 8 nitrogen and oxygen atoms in total. The van der Waals surface area contributed by atoms with E-state index >= 15 is 0 Å². The maximum atomic E-state index is 11.5. The molecule has 0 spiro atoms. The molecule has 0 amide bonds. The van der Waals surface area contributed by atoms with Crippen molar-refractivity contribution < 1.29 is 13.3 Å². The molecule has 2 rings (SSSR count). The number of hydrogen-bond donors (Lipinski definition) is 2. The van der Waals surface area contributed by atoms with E-state index in [0.717, 1.165) is 17.2 Å². The average molecular weight is 322 g/mol. The van der Waals surface area contributed by atoms with Crippen LogP contribution >= 0.6 is 0 Å². The smallest absolute Gasteiger partial charge is 0.312 e. The van der Waals surface area contributed by atoms with E-state index < -0.39 is 25.5 Å². The van der Waals surface area contributed by atoms with Gasteiger partial charge in [-0.15, -0.1) is 0 Å². The molecular weight excluding hydrogens is 308 g/mol. The Morgan fingerprint density at radius 2 is 2.09 bits per heavy atom. The molecular formula is C13H14N4O4S. The standard InChI is InChI=1S/C13H14N4O4S/c1-9-7-15-6-5-10(9)8-16-11-3-2-4-12(22(14,20)21)13(11)17(18)19/h2-7,16H,8H2,1H3,(H2,14,20,21). The molecule has 116 valence electrons. The van der Waals surface area contributed by atoms with Crippen molar-refractivity contribution in [1.82, 2.24) is 4.98 Å². The summed E-state index contributed by atoms with van der Waals surface area (Å²) in [5.41, 5.74) is 1.34. The predicted molar refractivity (Wildman–Crippen MR) is 80.8 cm³/mol. The minimum atomic E-state index is -4.18. The fourth-order valence-electron chi connectivity index (χ4n) is 1.97. The van der Waals surface area contributed by atoms with E-state index in [9.17, 15) is 18.5 Å². The Hall–Kier alpha value is -2.52. The number of benzene rings is 1. The van der Waals surface area contributed by atoms with Gasteiger partial charge in [-0.1, -0.05) is 6.07 Å². The molecule has 9 heteroatoms. The zero-order valence-corrected chi connectivity index (χ0v) is 12.5. The van der Waals surface area contributed by atoms with Crippen molar-refractivity contribution >= 4 is 21.4 Å². The van der Waals surface area contributed by atoms with Crippen LogP contribution in [0.2, 0.25) is 0 Å². The molecule has 1 aromatic heterocycles. The summed E-state index contributed by atoms with van der Waals surface area (Å²) in [6.45, 7) is 2.16. The first-order valence-corrected chi connectivity index (χ1v) is 7.79. The second kappa shape index (κ2) is 6.08. The monoisotopic (exact) mass is 322 g/mol. The molecule has 0 fully saturated rings. The zero-order chi connectivity index (χ0) is 16.3. The number of nitro groups is 1. The van der Waals surface area contributed by atoms with Gasteiger partial charge in [0, 0.05) is 18.9 Å². The number of nitrogens with two attached hydrogens (primary N) is 1. The quantitative estimate of drug-likeness (QED) is 0.635. The van der Waals surface area contributed by atoms with Gasteiger partial charge < -0.3 is 5.32 Å². The van der Waals surface area contributed by atoms with E-state index in [1.807, 2.05) is 6.92 Å². The molecule has 2 aromatic rings. The number of rotatable bonds is 5. The van der Waals surface area contributed by atoms with Gasteiger partial charge in [-0.05, 0) is 36.2 Å². The second-order valence-corrected chi connectivity index (χ2v) is 6.14. The van der Waals surface area contributed by atoms with Crippen LogP contribution in [0.25, 0.3) is 0 Å². The van der Waals surface area contributed by atoms with Gasteiger partial charge in [0.25, 0.3) is 0 Å². The van der Waals surface area contributed by atoms with Crippen LogP contribution in [0.15, 0.2) is 41.6 Å². The minimum absolute atomic E-state index is 0.0905. The summed E-state index contributed by atoms with van der Waals surface area (Å²) in [4.78, 5) is 13.9. The van der Waals surface area contributed by atoms with Gasteiger partial charge in [-0.3, -0.25) is 15.1 Å². The number of anilines is 1. The molecule has 0 aliphatic heterocycles. The summed E-state index contributed by atoms with van der Waals surface area (Å²) >= 11 is 0. The first-order valence-electron chi connectivity index (χ1n) is 6.24. The Labute approximate surface area is 127 Å². The van der Waals surface area contributed by atoms with Crippen LogP contribution in [0.5, 0.6) is 0 Å². The molecule has 0 atom stereocenters. The number of nitrogens with one attached hydrogen (secondary N) is 1. The van der Waals surface area contributed by atoms with Crippen LogP contribution in [0.3, 0.4) is 0 Å². The Morgan fingerprint density at radius 1 is 1.36 bits per heavy atom. The molecule has 0 unspecified atom stereocenters. The zero-order valence-electron chi connectivity index (χ0n) is 11.7. The van der Waals surface area contributed by atoms with Gasteiger partial charge in [0.05, 0.1) is 4.92 Å². The topological polar surface area (TPSA) is 128 Å². The first kappa shape index (κ1) is 15.9. The van der Waals surface area contributed by atoms with Crippen LogP contribution in [0.1, 0.15) is 11.1 Å². The van der Waals surface area contributed by atoms with E-state index in [1.165, 1.54) is 12.1 Å². The van der Waals surface area contributed by atoms with Crippen molar-refractivity contribution in [3.63, 3.8) is 0 Å². The van der Waals surface area contributed by atoms with Gasteiger partial charge >= 0.3 is 5.69 Å². The maximum absolute atomic E-state index is 11.5. The summed E-state index contributed by atoms with van der Waals surface area (Å²) in [7, 11) is -4.18. The Bertz CT molecular complexity index is 821. The Balaban J connectivity index is 2.40. The van der Waals surface area contributed by atoms with Crippen LogP contribution in [-0.2, 0) is 16.6 Å². The molecule has 3 N–H and O–H groups in total. The number of aromatic nitrogens is 1. The van der Waals surface area contributed by atoms with Crippen molar-refractivity contribution in [3.05, 3.63) is 57.9 Å². The highest BCUT2D eigenvalue weighted by Crippen LogP contribution is 2.31. The van der Waals surface area contributed by atoms with E-state index in [2.05, 4.69) is 10.3 Å². The molecule has 0 saturated heterocycles. The van der Waals surface area contributed by atoms with Crippen molar-refractivity contribution in [2.75, 3.05) is 5.32 Å². The summed E-state index contributed by atoms with van der Waals surface area (Å²) in [6.07, 6.45) is 3.28. The summed E-state index contributed by atoms with van der Waals surface area (Å²) in [5, 5.41) is 19.1. The summed E-state index contributed by atoms with van der Waals surface area (Å²) in [5.74, 6) is 0. The van der Waals surface area contributed by atoms with E-state index in [1.54, 1.807) is 18.5 Å². The van der Waals surface area contributed by atoms with Gasteiger partial charge in [-0.25, -0.2) is 13.6 Å². The molecule has 1 heterocycles. The summed E-state index contributed by atoms with van der Waals surface area (Å²) in [6, 6.07) is 5.71. The third-order valence-electron chi connectivity index (χ3n) is 3.09. The molecule has 0 radical (unpaired) electrons. The molecule has 1 aromatic carbocycles. The highest BCUT2D eigenvalue weighted by molar-refractivity contribution is 7.89. The predicted octanol–water partition coefficient (Wildman–Crippen LogP) is 1.56. The van der Waals surface area contributed by atoms with E-state index in [4.69, 9.17) is 5.14 Å². The molecule has 0 bridgehead atoms. The number of nitro benzene ring substituents is 1. The fourth-order valence-corrected chi connectivity index (χ4v) is 2.70. The normalized spacial score (nSPS) is 11.2.